The monoisotopic (exact) mass is 371 g/mol. The van der Waals surface area contributed by atoms with Gasteiger partial charge in [-0.2, -0.15) is 18.6 Å². The molecular formula is C18H17N3O4S. The second kappa shape index (κ2) is 7.11. The Morgan fingerprint density at radius 2 is 1.81 bits per heavy atom. The minimum absolute atomic E-state index is 0.295. The highest BCUT2D eigenvalue weighted by molar-refractivity contribution is 7.86. The van der Waals surface area contributed by atoms with Crippen LogP contribution in [0.2, 0.25) is 0 Å². The maximum absolute atomic E-state index is 11.6. The minimum atomic E-state index is -4.57. The topological polar surface area (TPSA) is 111 Å². The first-order valence-electron chi connectivity index (χ1n) is 7.75. The average molecular weight is 371 g/mol. The molecule has 3 aromatic carbocycles. The molecule has 0 amide bonds. The quantitative estimate of drug-likeness (QED) is 0.461. The van der Waals surface area contributed by atoms with Gasteiger partial charge in [0, 0.05) is 24.7 Å². The largest absolute Gasteiger partial charge is 0.505 e. The van der Waals surface area contributed by atoms with E-state index in [9.17, 15) is 18.1 Å². The fourth-order valence-electron chi connectivity index (χ4n) is 2.73. The first kappa shape index (κ1) is 17.8. The van der Waals surface area contributed by atoms with Crippen LogP contribution < -0.4 is 5.32 Å². The predicted molar refractivity (Wildman–Crippen MR) is 99.6 cm³/mol. The fourth-order valence-corrected chi connectivity index (χ4v) is 3.39. The fraction of sp³-hybridized carbons (Fsp3) is 0.111. The van der Waals surface area contributed by atoms with Crippen molar-refractivity contribution in [3.63, 3.8) is 0 Å². The molecule has 0 bridgehead atoms. The first-order chi connectivity index (χ1) is 12.4. The molecule has 0 saturated heterocycles. The van der Waals surface area contributed by atoms with Gasteiger partial charge in [-0.1, -0.05) is 42.5 Å². The van der Waals surface area contributed by atoms with Gasteiger partial charge in [0.25, 0.3) is 10.1 Å². The van der Waals surface area contributed by atoms with Crippen molar-refractivity contribution in [2.45, 2.75) is 11.4 Å². The Kier molecular flexibility index (Phi) is 4.88. The summed E-state index contributed by atoms with van der Waals surface area (Å²) in [5, 5.41) is 21.9. The van der Waals surface area contributed by atoms with Crippen LogP contribution >= 0.6 is 0 Å². The van der Waals surface area contributed by atoms with Crippen molar-refractivity contribution < 1.29 is 18.1 Å². The molecule has 0 aliphatic carbocycles. The van der Waals surface area contributed by atoms with E-state index in [1.807, 2.05) is 30.3 Å². The molecule has 0 fully saturated rings. The molecule has 0 aliphatic rings. The highest BCUT2D eigenvalue weighted by Crippen LogP contribution is 2.43. The van der Waals surface area contributed by atoms with E-state index in [0.29, 0.717) is 23.0 Å². The normalized spacial score (nSPS) is 11.9. The van der Waals surface area contributed by atoms with Gasteiger partial charge in [0.2, 0.25) is 0 Å². The van der Waals surface area contributed by atoms with Gasteiger partial charge in [-0.05, 0) is 23.1 Å². The van der Waals surface area contributed by atoms with Crippen LogP contribution in [-0.4, -0.2) is 25.1 Å². The third-order valence-electron chi connectivity index (χ3n) is 3.88. The molecular weight excluding hydrogens is 354 g/mol. The lowest BCUT2D eigenvalue weighted by Crippen LogP contribution is -2.02. The molecule has 8 heteroatoms. The van der Waals surface area contributed by atoms with E-state index in [1.54, 1.807) is 18.2 Å². The number of rotatable bonds is 5. The van der Waals surface area contributed by atoms with Gasteiger partial charge >= 0.3 is 0 Å². The Labute approximate surface area is 150 Å². The molecule has 26 heavy (non-hydrogen) atoms. The van der Waals surface area contributed by atoms with Crippen molar-refractivity contribution in [3.05, 3.63) is 60.2 Å². The Morgan fingerprint density at radius 1 is 1.08 bits per heavy atom. The number of nitrogens with one attached hydrogen (secondary N) is 1. The van der Waals surface area contributed by atoms with Crippen LogP contribution in [0.25, 0.3) is 10.8 Å². The molecule has 0 heterocycles. The summed E-state index contributed by atoms with van der Waals surface area (Å²) < 4.78 is 32.7. The molecule has 3 aromatic rings. The van der Waals surface area contributed by atoms with Gasteiger partial charge < -0.3 is 10.4 Å². The van der Waals surface area contributed by atoms with Crippen molar-refractivity contribution in [3.8, 4) is 5.75 Å². The zero-order valence-corrected chi connectivity index (χ0v) is 14.7. The molecule has 3 N–H and O–H groups in total. The zero-order chi connectivity index (χ0) is 18.7. The Hall–Kier alpha value is -2.97. The number of anilines is 1. The lowest BCUT2D eigenvalue weighted by atomic mass is 10.1. The standard InChI is InChI=1S/C18H17N3O4S/c1-19-21-17-15(26(23,24)25)10-13-8-5-9-14(16(13)18(17)22)20-11-12-6-3-2-4-7-12/h2-10,20,22H,11H2,1H3,(H,23,24,25). The summed E-state index contributed by atoms with van der Waals surface area (Å²) in [6.45, 7) is 0.518. The van der Waals surface area contributed by atoms with E-state index in [0.717, 1.165) is 5.56 Å². The van der Waals surface area contributed by atoms with Crippen LogP contribution in [0.4, 0.5) is 11.4 Å². The molecule has 0 unspecified atom stereocenters. The molecule has 0 atom stereocenters. The van der Waals surface area contributed by atoms with E-state index in [-0.39, 0.29) is 11.4 Å². The zero-order valence-electron chi connectivity index (χ0n) is 13.9. The SMILES string of the molecule is CN=Nc1c(S(=O)(=O)O)cc2cccc(NCc3ccccc3)c2c1O. The highest BCUT2D eigenvalue weighted by Gasteiger charge is 2.23. The van der Waals surface area contributed by atoms with E-state index >= 15 is 0 Å². The van der Waals surface area contributed by atoms with E-state index in [4.69, 9.17) is 0 Å². The van der Waals surface area contributed by atoms with E-state index in [2.05, 4.69) is 15.5 Å². The number of nitrogens with zero attached hydrogens (tertiary/aromatic N) is 2. The van der Waals surface area contributed by atoms with Crippen molar-refractivity contribution >= 4 is 32.3 Å². The molecule has 134 valence electrons. The van der Waals surface area contributed by atoms with Crippen molar-refractivity contribution in [1.29, 1.82) is 0 Å². The maximum Gasteiger partial charge on any atom is 0.296 e. The third kappa shape index (κ3) is 3.51. The lowest BCUT2D eigenvalue weighted by molar-refractivity contribution is 0.472. The molecule has 0 saturated carbocycles. The van der Waals surface area contributed by atoms with Crippen molar-refractivity contribution in [2.75, 3.05) is 12.4 Å². The van der Waals surface area contributed by atoms with Gasteiger partial charge in [-0.3, -0.25) is 4.55 Å². The summed E-state index contributed by atoms with van der Waals surface area (Å²) in [4.78, 5) is -0.492. The van der Waals surface area contributed by atoms with E-state index < -0.39 is 15.0 Å². The second-order valence-electron chi connectivity index (χ2n) is 5.59. The van der Waals surface area contributed by atoms with Gasteiger partial charge in [-0.15, -0.1) is 0 Å². The molecule has 0 spiro atoms. The van der Waals surface area contributed by atoms with Crippen LogP contribution in [0.5, 0.6) is 5.75 Å². The maximum atomic E-state index is 11.6. The summed E-state index contributed by atoms with van der Waals surface area (Å²) in [5.41, 5.74) is 1.36. The van der Waals surface area contributed by atoms with Crippen LogP contribution in [0.1, 0.15) is 5.56 Å². The average Bonchev–Trinajstić information content (AvgIpc) is 2.62. The smallest absolute Gasteiger partial charge is 0.296 e. The van der Waals surface area contributed by atoms with Gasteiger partial charge in [0.15, 0.2) is 5.75 Å². The summed E-state index contributed by atoms with van der Waals surface area (Å²) >= 11 is 0. The summed E-state index contributed by atoms with van der Waals surface area (Å²) in [6, 6.07) is 16.1. The molecule has 0 aromatic heterocycles. The van der Waals surface area contributed by atoms with Gasteiger partial charge in [-0.25, -0.2) is 0 Å². The Morgan fingerprint density at radius 3 is 2.46 bits per heavy atom. The second-order valence-corrected chi connectivity index (χ2v) is 6.98. The molecule has 0 aliphatic heterocycles. The number of azo groups is 1. The summed E-state index contributed by atoms with van der Waals surface area (Å²) in [6.07, 6.45) is 0. The number of aromatic hydroxyl groups is 1. The third-order valence-corrected chi connectivity index (χ3v) is 4.75. The van der Waals surface area contributed by atoms with Crippen molar-refractivity contribution in [1.82, 2.24) is 0 Å². The van der Waals surface area contributed by atoms with Gasteiger partial charge in [0.05, 0.1) is 0 Å². The van der Waals surface area contributed by atoms with Crippen LogP contribution in [0.3, 0.4) is 0 Å². The van der Waals surface area contributed by atoms with Crippen LogP contribution in [-0.2, 0) is 16.7 Å². The van der Waals surface area contributed by atoms with Crippen molar-refractivity contribution in [2.24, 2.45) is 10.2 Å². The highest BCUT2D eigenvalue weighted by atomic mass is 32.2. The first-order valence-corrected chi connectivity index (χ1v) is 9.19. The number of phenolic OH excluding ortho intramolecular Hbond substituents is 1. The number of phenols is 1. The van der Waals surface area contributed by atoms with Crippen LogP contribution in [0.15, 0.2) is 69.7 Å². The van der Waals surface area contributed by atoms with E-state index in [1.165, 1.54) is 13.1 Å². The summed E-state index contributed by atoms with van der Waals surface area (Å²) in [5.74, 6) is -0.364. The predicted octanol–water partition coefficient (Wildman–Crippen LogP) is 4.12. The van der Waals surface area contributed by atoms with Crippen LogP contribution in [0, 0.1) is 0 Å². The van der Waals surface area contributed by atoms with Gasteiger partial charge in [0.1, 0.15) is 10.6 Å². The number of hydrogen-bond acceptors (Lipinski definition) is 6. The molecule has 3 rings (SSSR count). The Balaban J connectivity index is 2.16. The molecule has 0 radical (unpaired) electrons. The number of hydrogen-bond donors (Lipinski definition) is 3. The number of fused-ring (bicyclic) bond motifs is 1. The molecule has 7 nitrogen and oxygen atoms in total. The number of benzene rings is 3. The lowest BCUT2D eigenvalue weighted by Gasteiger charge is -2.14. The minimum Gasteiger partial charge on any atom is -0.505 e. The Bertz CT molecular complexity index is 1080. The summed E-state index contributed by atoms with van der Waals surface area (Å²) in [7, 11) is -3.23.